The van der Waals surface area contributed by atoms with Crippen LogP contribution in [0.5, 0.6) is 0 Å². The van der Waals surface area contributed by atoms with E-state index in [9.17, 15) is 81.4 Å². The second-order valence-electron chi connectivity index (χ2n) is 28.2. The van der Waals surface area contributed by atoms with Gasteiger partial charge in [0.1, 0.15) is 91.1 Å². The summed E-state index contributed by atoms with van der Waals surface area (Å²) in [5, 5.41) is 164. The number of esters is 1. The van der Waals surface area contributed by atoms with Crippen molar-refractivity contribution in [2.45, 2.75) is 260 Å². The van der Waals surface area contributed by atoms with Gasteiger partial charge >= 0.3 is 11.9 Å². The van der Waals surface area contributed by atoms with Gasteiger partial charge in [0.15, 0.2) is 31.3 Å². The molecule has 32 atom stereocenters. The number of fused-ring (bicyclic) bond motifs is 7. The topological polar surface area (TPSA) is 430 Å². The van der Waals surface area contributed by atoms with Gasteiger partial charge in [-0.15, -0.1) is 0 Å². The lowest BCUT2D eigenvalue weighted by Gasteiger charge is -2.71. The van der Waals surface area contributed by atoms with Crippen molar-refractivity contribution < 1.29 is 134 Å². The second kappa shape index (κ2) is 23.5. The highest BCUT2D eigenvalue weighted by atomic mass is 16.8. The van der Waals surface area contributed by atoms with E-state index in [-0.39, 0.29) is 17.8 Å². The van der Waals surface area contributed by atoms with Gasteiger partial charge in [-0.25, -0.2) is 0 Å². The Morgan fingerprint density at radius 3 is 1.91 bits per heavy atom. The van der Waals surface area contributed by atoms with Crippen LogP contribution in [0.3, 0.4) is 0 Å². The number of aliphatic hydroxyl groups is 14. The van der Waals surface area contributed by atoms with Crippen molar-refractivity contribution in [3.63, 3.8) is 0 Å². The smallest absolute Gasteiger partial charge is 0.315 e. The van der Waals surface area contributed by atoms with Crippen molar-refractivity contribution in [2.75, 3.05) is 26.4 Å². The van der Waals surface area contributed by atoms with Crippen LogP contribution in [0.2, 0.25) is 0 Å². The molecule has 0 radical (unpaired) electrons. The fraction of sp³-hybridized carbons (Fsp3) is 0.931. The van der Waals surface area contributed by atoms with E-state index >= 15 is 4.79 Å². The Morgan fingerprint density at radius 1 is 0.612 bits per heavy atom. The van der Waals surface area contributed by atoms with Gasteiger partial charge < -0.3 is 124 Å². The minimum absolute atomic E-state index is 0.103. The van der Waals surface area contributed by atoms with E-state index in [4.69, 9.17) is 47.4 Å². The fourth-order valence-electron chi connectivity index (χ4n) is 17.4. The predicted molar refractivity (Wildman–Crippen MR) is 284 cm³/mol. The van der Waals surface area contributed by atoms with Crippen LogP contribution in [0, 0.1) is 50.2 Å². The van der Waals surface area contributed by atoms with Crippen molar-refractivity contribution >= 4 is 11.9 Å². The molecule has 0 amide bonds. The van der Waals surface area contributed by atoms with Crippen LogP contribution in [-0.4, -0.2) is 262 Å². The number of carboxylic acid groups (broad SMARTS) is 1. The Bertz CT molecular complexity index is 2450. The van der Waals surface area contributed by atoms with E-state index < -0.39 is 224 Å². The van der Waals surface area contributed by atoms with E-state index in [0.29, 0.717) is 51.4 Å². The zero-order chi connectivity index (χ0) is 62.2. The Kier molecular flexibility index (Phi) is 18.1. The maximum Gasteiger partial charge on any atom is 0.315 e. The summed E-state index contributed by atoms with van der Waals surface area (Å²) in [4.78, 5) is 29.4. The van der Waals surface area contributed by atoms with Gasteiger partial charge in [0.05, 0.1) is 55.6 Å². The molecule has 2 unspecified atom stereocenters. The molecule has 0 aromatic carbocycles. The number of hydrogen-bond acceptors (Lipinski definition) is 26. The van der Waals surface area contributed by atoms with Crippen LogP contribution in [0.15, 0.2) is 11.6 Å². The summed E-state index contributed by atoms with van der Waals surface area (Å²) in [5.41, 5.74) is -6.21. The maximum absolute atomic E-state index is 15.6. The lowest BCUT2D eigenvalue weighted by atomic mass is 9.33. The van der Waals surface area contributed by atoms with Crippen LogP contribution >= 0.6 is 0 Å². The first-order valence-electron chi connectivity index (χ1n) is 30.1. The van der Waals surface area contributed by atoms with Crippen LogP contribution in [0.1, 0.15) is 113 Å². The second-order valence-corrected chi connectivity index (χ2v) is 28.2. The van der Waals surface area contributed by atoms with Gasteiger partial charge in [0.25, 0.3) is 0 Å². The normalized spacial score (nSPS) is 55.1. The lowest BCUT2D eigenvalue weighted by Crippen LogP contribution is -2.70. The molecule has 85 heavy (non-hydrogen) atoms. The summed E-state index contributed by atoms with van der Waals surface area (Å²) in [7, 11) is 0. The Morgan fingerprint density at radius 2 is 1.25 bits per heavy atom. The van der Waals surface area contributed by atoms with Gasteiger partial charge in [0.2, 0.25) is 6.29 Å². The van der Waals surface area contributed by atoms with Crippen molar-refractivity contribution in [3.05, 3.63) is 11.6 Å². The predicted octanol–water partition coefficient (Wildman–Crippen LogP) is -2.84. The van der Waals surface area contributed by atoms with E-state index in [1.165, 1.54) is 20.8 Å². The number of rotatable bonds is 13. The summed E-state index contributed by atoms with van der Waals surface area (Å²) >= 11 is 0. The van der Waals surface area contributed by atoms with Gasteiger partial charge in [-0.1, -0.05) is 46.3 Å². The SMILES string of the molecule is C[C@@H]1O[C@@H](O[C@H]2[C@H](OC(=O)[C@]34CCC(C)(C)C[C@H]3C3=CCC5[C@@]6(C)C[C@H](O)[C@H](O[C@@H]7O[C@H](CO)[C@@H](O)[C@H](O)[C@H]7O)[C@@](C)(C(=O)O)C6CC[C@@]5(C)[C@]3(C)CC4)O[C@H](C)[C@@H](O)[C@@H]2O)[C@H](O)[C@H](O[C@@H]2OC[C@](O)(CO)[C@H]2O)[C@H]1O[C@@H]1OC[C@@H](O)[C@H](O)[C@H]1O. The zero-order valence-electron chi connectivity index (χ0n) is 49.4. The Labute approximate surface area is 492 Å². The highest BCUT2D eigenvalue weighted by Crippen LogP contribution is 2.76. The summed E-state index contributed by atoms with van der Waals surface area (Å²) in [6.07, 6.45) is -31.5. The number of aliphatic hydroxyl groups excluding tert-OH is 13. The molecule has 486 valence electrons. The summed E-state index contributed by atoms with van der Waals surface area (Å²) in [6.45, 7) is 12.5. The molecule has 0 bridgehead atoms. The third-order valence-corrected chi connectivity index (χ3v) is 22.9. The van der Waals surface area contributed by atoms with E-state index in [1.807, 2.05) is 6.92 Å². The first-order valence-corrected chi connectivity index (χ1v) is 30.1. The van der Waals surface area contributed by atoms with Crippen molar-refractivity contribution in [1.29, 1.82) is 0 Å². The molecule has 0 aromatic rings. The molecule has 10 rings (SSSR count). The number of allylic oxidation sites excluding steroid dienone is 2. The standard InChI is InChI=1S/C58H92O27/c1-23-32(63)36(67)42(83-47-39(70)41(82-49-43(71)58(75,21-60)22-77-49)40(24(2)79-47)81-45-37(68)33(64)28(62)20-76-45)48(78-23)85-51(74)57-15-13-52(3,4)17-26(57)25-9-10-30-53(5)18-27(61)44(84-46-38(69)35(66)34(65)29(19-59)80-46)56(8,50(72)73)31(53)11-12-55(30,7)54(25,6)14-16-57/h9,23-24,26-49,59-71,75H,10-22H2,1-8H3,(H,72,73)/t23-,24+,26+,27+,28-,29-,30?,31?,32-,33+,34-,35+,36+,37-,38-,39-,40+,41+,42-,43+,44+,45+,46+,47+,48+,49+,53-,54-,55-,56+,57+,58-/m1/s1. The number of carboxylic acids is 1. The third-order valence-electron chi connectivity index (χ3n) is 22.9. The van der Waals surface area contributed by atoms with Crippen LogP contribution in [0.25, 0.3) is 0 Å². The molecule has 5 saturated heterocycles. The molecule has 10 aliphatic rings. The van der Waals surface area contributed by atoms with E-state index in [1.54, 1.807) is 0 Å². The summed E-state index contributed by atoms with van der Waals surface area (Å²) in [5.74, 6) is -3.08. The third kappa shape index (κ3) is 10.6. The molecule has 4 saturated carbocycles. The number of carbonyl (C=O) groups is 2. The molecule has 27 heteroatoms. The molecule has 5 aliphatic carbocycles. The van der Waals surface area contributed by atoms with Gasteiger partial charge in [-0.3, -0.25) is 9.59 Å². The highest BCUT2D eigenvalue weighted by Gasteiger charge is 2.73. The largest absolute Gasteiger partial charge is 0.481 e. The molecule has 5 heterocycles. The van der Waals surface area contributed by atoms with Crippen LogP contribution < -0.4 is 0 Å². The minimum Gasteiger partial charge on any atom is -0.481 e. The van der Waals surface area contributed by atoms with Gasteiger partial charge in [0, 0.05) is 0 Å². The molecule has 27 nitrogen and oxygen atoms in total. The molecular weight excluding hydrogens is 1130 g/mol. The number of hydrogen-bond donors (Lipinski definition) is 15. The summed E-state index contributed by atoms with van der Waals surface area (Å²) in [6, 6.07) is 0. The Hall–Kier alpha value is -2.24. The van der Waals surface area contributed by atoms with Crippen LogP contribution in [-0.2, 0) is 57.0 Å². The molecule has 15 N–H and O–H groups in total. The van der Waals surface area contributed by atoms with E-state index in [2.05, 4.69) is 33.8 Å². The summed E-state index contributed by atoms with van der Waals surface area (Å²) < 4.78 is 60.1. The number of carbonyl (C=O) groups excluding carboxylic acids is 1. The Balaban J connectivity index is 0.916. The van der Waals surface area contributed by atoms with E-state index in [0.717, 1.165) is 5.57 Å². The van der Waals surface area contributed by atoms with Gasteiger partial charge in [-0.05, 0) is 118 Å². The van der Waals surface area contributed by atoms with Crippen molar-refractivity contribution in [1.82, 2.24) is 0 Å². The first kappa shape index (κ1) is 65.7. The number of ether oxygens (including phenoxy) is 10. The fourth-order valence-corrected chi connectivity index (χ4v) is 17.4. The van der Waals surface area contributed by atoms with Crippen molar-refractivity contribution in [3.8, 4) is 0 Å². The number of aliphatic carboxylic acids is 1. The average molecular weight is 1220 g/mol. The quantitative estimate of drug-likeness (QED) is 0.0502. The zero-order valence-corrected chi connectivity index (χ0v) is 49.4. The molecular formula is C58H92O27. The van der Waals surface area contributed by atoms with Gasteiger partial charge in [-0.2, -0.15) is 0 Å². The minimum atomic E-state index is -2.18. The molecule has 9 fully saturated rings. The molecule has 0 aromatic heterocycles. The highest BCUT2D eigenvalue weighted by molar-refractivity contribution is 5.79. The lowest BCUT2D eigenvalue weighted by molar-refractivity contribution is -0.384. The van der Waals surface area contributed by atoms with Crippen molar-refractivity contribution in [2.24, 2.45) is 50.2 Å². The molecule has 5 aliphatic heterocycles. The van der Waals surface area contributed by atoms with Crippen LogP contribution in [0.4, 0.5) is 0 Å². The average Bonchev–Trinajstić information content (AvgIpc) is 0.973. The molecule has 0 spiro atoms. The first-order chi connectivity index (χ1) is 39.7. The monoisotopic (exact) mass is 1220 g/mol. The maximum atomic E-state index is 15.6.